The van der Waals surface area contributed by atoms with E-state index in [2.05, 4.69) is 12.2 Å². The molecule has 0 aromatic rings. The van der Waals surface area contributed by atoms with Crippen LogP contribution < -0.4 is 5.32 Å². The lowest BCUT2D eigenvalue weighted by Crippen LogP contribution is -2.42. The van der Waals surface area contributed by atoms with Gasteiger partial charge in [-0.15, -0.1) is 0 Å². The third kappa shape index (κ3) is 2.03. The second-order valence-corrected chi connectivity index (χ2v) is 3.31. The van der Waals surface area contributed by atoms with Gasteiger partial charge in [-0.3, -0.25) is 4.79 Å². The Morgan fingerprint density at radius 3 is 2.91 bits per heavy atom. The van der Waals surface area contributed by atoms with E-state index in [9.17, 15) is 4.79 Å². The summed E-state index contributed by atoms with van der Waals surface area (Å²) in [6.07, 6.45) is 2.93. The van der Waals surface area contributed by atoms with Crippen molar-refractivity contribution in [1.82, 2.24) is 5.32 Å². The molecule has 1 heterocycles. The molecule has 0 aromatic carbocycles. The Balaban J connectivity index is 2.47. The number of piperidine rings is 1. The van der Waals surface area contributed by atoms with E-state index >= 15 is 0 Å². The molecule has 64 valence electrons. The van der Waals surface area contributed by atoms with E-state index in [1.165, 1.54) is 0 Å². The van der Waals surface area contributed by atoms with Crippen molar-refractivity contribution in [2.45, 2.75) is 39.2 Å². The molecule has 2 heteroatoms. The fraction of sp³-hybridized carbons (Fsp3) is 0.889. The molecular weight excluding hydrogens is 138 g/mol. The van der Waals surface area contributed by atoms with Crippen LogP contribution >= 0.6 is 0 Å². The van der Waals surface area contributed by atoms with Crippen LogP contribution in [0.25, 0.3) is 0 Å². The maximum Gasteiger partial charge on any atom is 0.137 e. The highest BCUT2D eigenvalue weighted by molar-refractivity contribution is 5.81. The van der Waals surface area contributed by atoms with Crippen molar-refractivity contribution in [3.8, 4) is 0 Å². The van der Waals surface area contributed by atoms with Crippen LogP contribution in [-0.2, 0) is 4.79 Å². The van der Waals surface area contributed by atoms with Crippen LogP contribution in [0.4, 0.5) is 0 Å². The van der Waals surface area contributed by atoms with Gasteiger partial charge in [0.1, 0.15) is 5.78 Å². The second-order valence-electron chi connectivity index (χ2n) is 3.31. The average Bonchev–Trinajstić information content (AvgIpc) is 2.04. The molecule has 0 radical (unpaired) electrons. The molecule has 0 saturated carbocycles. The van der Waals surface area contributed by atoms with Gasteiger partial charge < -0.3 is 5.32 Å². The summed E-state index contributed by atoms with van der Waals surface area (Å²) in [5, 5.41) is 3.33. The minimum absolute atomic E-state index is 0.286. The summed E-state index contributed by atoms with van der Waals surface area (Å²) < 4.78 is 0. The maximum absolute atomic E-state index is 11.3. The van der Waals surface area contributed by atoms with Gasteiger partial charge in [0.05, 0.1) is 0 Å². The van der Waals surface area contributed by atoms with Crippen molar-refractivity contribution < 1.29 is 4.79 Å². The highest BCUT2D eigenvalue weighted by Crippen LogP contribution is 2.18. The van der Waals surface area contributed by atoms with Gasteiger partial charge >= 0.3 is 0 Å². The summed E-state index contributed by atoms with van der Waals surface area (Å²) >= 11 is 0. The summed E-state index contributed by atoms with van der Waals surface area (Å²) in [6.45, 7) is 5.13. The van der Waals surface area contributed by atoms with Gasteiger partial charge in [0, 0.05) is 18.4 Å². The summed E-state index contributed by atoms with van der Waals surface area (Å²) in [5.41, 5.74) is 0. The number of ketones is 1. The van der Waals surface area contributed by atoms with Crippen molar-refractivity contribution in [2.24, 2.45) is 5.92 Å². The van der Waals surface area contributed by atoms with E-state index in [1.54, 1.807) is 0 Å². The van der Waals surface area contributed by atoms with Gasteiger partial charge in [-0.2, -0.15) is 0 Å². The summed E-state index contributed by atoms with van der Waals surface area (Å²) in [7, 11) is 0. The fourth-order valence-electron chi connectivity index (χ4n) is 1.75. The summed E-state index contributed by atoms with van der Waals surface area (Å²) in [6, 6.07) is 0.399. The molecule has 0 aromatic heterocycles. The zero-order valence-electron chi connectivity index (χ0n) is 7.39. The molecule has 11 heavy (non-hydrogen) atoms. The maximum atomic E-state index is 11.3. The fourth-order valence-corrected chi connectivity index (χ4v) is 1.75. The number of carbonyl (C=O) groups is 1. The van der Waals surface area contributed by atoms with Gasteiger partial charge in [0.15, 0.2) is 0 Å². The molecule has 0 aliphatic carbocycles. The first kappa shape index (κ1) is 8.72. The number of rotatable bonds is 2. The lowest BCUT2D eigenvalue weighted by atomic mass is 9.87. The molecule has 1 rings (SSSR count). The first-order valence-corrected chi connectivity index (χ1v) is 4.51. The smallest absolute Gasteiger partial charge is 0.137 e. The minimum atomic E-state index is 0.286. The molecule has 1 fully saturated rings. The normalized spacial score (nSPS) is 31.8. The Bertz CT molecular complexity index is 144. The van der Waals surface area contributed by atoms with Crippen LogP contribution in [0.2, 0.25) is 0 Å². The highest BCUT2D eigenvalue weighted by atomic mass is 16.1. The topological polar surface area (TPSA) is 29.1 Å². The largest absolute Gasteiger partial charge is 0.314 e. The minimum Gasteiger partial charge on any atom is -0.314 e. The molecule has 1 aliphatic rings. The lowest BCUT2D eigenvalue weighted by Gasteiger charge is -2.28. The first-order valence-electron chi connectivity index (χ1n) is 4.51. The van der Waals surface area contributed by atoms with E-state index in [1.807, 2.05) is 6.92 Å². The van der Waals surface area contributed by atoms with Crippen molar-refractivity contribution in [3.05, 3.63) is 0 Å². The summed E-state index contributed by atoms with van der Waals surface area (Å²) in [4.78, 5) is 11.3. The third-order valence-electron chi connectivity index (χ3n) is 2.52. The molecule has 1 saturated heterocycles. The van der Waals surface area contributed by atoms with Crippen molar-refractivity contribution >= 4 is 5.78 Å². The first-order chi connectivity index (χ1) is 5.25. The van der Waals surface area contributed by atoms with Crippen LogP contribution in [0.15, 0.2) is 0 Å². The predicted octanol–water partition coefficient (Wildman–Crippen LogP) is 1.35. The highest BCUT2D eigenvalue weighted by Gasteiger charge is 2.25. The Hall–Kier alpha value is -0.370. The van der Waals surface area contributed by atoms with Crippen LogP contribution in [0, 0.1) is 5.92 Å². The van der Waals surface area contributed by atoms with Crippen LogP contribution in [0.5, 0.6) is 0 Å². The molecule has 1 N–H and O–H groups in total. The van der Waals surface area contributed by atoms with E-state index < -0.39 is 0 Å². The van der Waals surface area contributed by atoms with Crippen LogP contribution in [0.1, 0.15) is 33.1 Å². The average molecular weight is 155 g/mol. The zero-order chi connectivity index (χ0) is 8.27. The molecular formula is C9H17NO. The molecule has 1 aliphatic heterocycles. The molecule has 0 spiro atoms. The van der Waals surface area contributed by atoms with Crippen LogP contribution in [0.3, 0.4) is 0 Å². The van der Waals surface area contributed by atoms with Gasteiger partial charge in [0.2, 0.25) is 0 Å². The van der Waals surface area contributed by atoms with E-state index in [-0.39, 0.29) is 5.92 Å². The van der Waals surface area contributed by atoms with Crippen molar-refractivity contribution in [3.63, 3.8) is 0 Å². The predicted molar refractivity (Wildman–Crippen MR) is 45.5 cm³/mol. The number of hydrogen-bond acceptors (Lipinski definition) is 2. The molecule has 2 nitrogen and oxygen atoms in total. The Morgan fingerprint density at radius 1 is 1.64 bits per heavy atom. The Morgan fingerprint density at radius 2 is 2.36 bits per heavy atom. The second kappa shape index (κ2) is 3.86. The molecule has 0 bridgehead atoms. The lowest BCUT2D eigenvalue weighted by molar-refractivity contribution is -0.124. The van der Waals surface area contributed by atoms with E-state index in [0.717, 1.165) is 19.4 Å². The molecule has 2 atom stereocenters. The monoisotopic (exact) mass is 155 g/mol. The molecule has 0 amide bonds. The van der Waals surface area contributed by atoms with Crippen molar-refractivity contribution in [2.75, 3.05) is 6.54 Å². The van der Waals surface area contributed by atoms with Gasteiger partial charge in [0.25, 0.3) is 0 Å². The third-order valence-corrected chi connectivity index (χ3v) is 2.52. The number of hydrogen-bond donors (Lipinski definition) is 1. The zero-order valence-corrected chi connectivity index (χ0v) is 7.39. The number of carbonyl (C=O) groups excluding carboxylic acids is 1. The van der Waals surface area contributed by atoms with Crippen molar-refractivity contribution in [1.29, 1.82) is 0 Å². The summed E-state index contributed by atoms with van der Waals surface area (Å²) in [5.74, 6) is 0.707. The number of nitrogens with one attached hydrogen (secondary N) is 1. The van der Waals surface area contributed by atoms with Gasteiger partial charge in [-0.1, -0.05) is 6.92 Å². The standard InChI is InChI=1S/C9H17NO/c1-3-9(11)8-5-4-6-10-7(8)2/h7-8,10H,3-6H2,1-2H3/t7-,8-/m0/s1. The quantitative estimate of drug-likeness (QED) is 0.652. The SMILES string of the molecule is CCC(=O)[C@H]1CCCN[C@H]1C. The molecule has 0 unspecified atom stereocenters. The Labute approximate surface area is 68.4 Å². The van der Waals surface area contributed by atoms with E-state index in [4.69, 9.17) is 0 Å². The Kier molecular flexibility index (Phi) is 3.06. The van der Waals surface area contributed by atoms with Crippen LogP contribution in [-0.4, -0.2) is 18.4 Å². The van der Waals surface area contributed by atoms with Gasteiger partial charge in [-0.05, 0) is 26.3 Å². The van der Waals surface area contributed by atoms with E-state index in [0.29, 0.717) is 18.2 Å². The van der Waals surface area contributed by atoms with Gasteiger partial charge in [-0.25, -0.2) is 0 Å². The number of Topliss-reactive ketones (excluding diaryl/α,β-unsaturated/α-hetero) is 1.